The Labute approximate surface area is 142 Å². The number of aromatic nitrogens is 1. The highest BCUT2D eigenvalue weighted by Gasteiger charge is 2.22. The first-order valence-corrected chi connectivity index (χ1v) is 8.45. The Morgan fingerprint density at radius 1 is 1.33 bits per heavy atom. The van der Waals surface area contributed by atoms with Crippen molar-refractivity contribution < 1.29 is 14.3 Å². The molecule has 0 saturated carbocycles. The molecule has 2 heterocycles. The summed E-state index contributed by atoms with van der Waals surface area (Å²) in [6, 6.07) is 3.52. The van der Waals surface area contributed by atoms with E-state index in [4.69, 9.17) is 4.74 Å². The summed E-state index contributed by atoms with van der Waals surface area (Å²) in [5.41, 5.74) is 1.04. The standard InChI is InChI=1S/C17H26N4O3/c1-3-24-14-7-10-21(11-8-14)17(23)18-9-6-16(22)20-15-5-4-13(2)12-19-15/h4-5,12,14H,3,6-11H2,1-2H3,(H,18,23)(H,19,20,22). The van der Waals surface area contributed by atoms with E-state index in [1.165, 1.54) is 0 Å². The zero-order valence-corrected chi connectivity index (χ0v) is 14.4. The van der Waals surface area contributed by atoms with Gasteiger partial charge in [0.05, 0.1) is 6.10 Å². The van der Waals surface area contributed by atoms with Crippen LogP contribution >= 0.6 is 0 Å². The Bertz CT molecular complexity index is 539. The first kappa shape index (κ1) is 18.2. The van der Waals surface area contributed by atoms with Gasteiger partial charge in [0.15, 0.2) is 0 Å². The van der Waals surface area contributed by atoms with Gasteiger partial charge >= 0.3 is 6.03 Å². The number of piperidine rings is 1. The number of ether oxygens (including phenoxy) is 1. The average molecular weight is 334 g/mol. The molecule has 0 bridgehead atoms. The van der Waals surface area contributed by atoms with Gasteiger partial charge in [0.1, 0.15) is 5.82 Å². The van der Waals surface area contributed by atoms with Gasteiger partial charge in [-0.25, -0.2) is 9.78 Å². The van der Waals surface area contributed by atoms with Gasteiger partial charge in [-0.15, -0.1) is 0 Å². The van der Waals surface area contributed by atoms with Crippen LogP contribution in [0.3, 0.4) is 0 Å². The van der Waals surface area contributed by atoms with Gasteiger partial charge in [-0.05, 0) is 38.3 Å². The Kier molecular flexibility index (Phi) is 6.99. The highest BCUT2D eigenvalue weighted by Crippen LogP contribution is 2.13. The number of anilines is 1. The summed E-state index contributed by atoms with van der Waals surface area (Å²) < 4.78 is 5.57. The van der Waals surface area contributed by atoms with Crippen molar-refractivity contribution in [2.45, 2.75) is 39.2 Å². The van der Waals surface area contributed by atoms with E-state index in [1.54, 1.807) is 17.2 Å². The molecule has 0 aliphatic carbocycles. The monoisotopic (exact) mass is 334 g/mol. The fraction of sp³-hybridized carbons (Fsp3) is 0.588. The van der Waals surface area contributed by atoms with Gasteiger partial charge in [0.2, 0.25) is 5.91 Å². The van der Waals surface area contributed by atoms with Crippen LogP contribution in [-0.2, 0) is 9.53 Å². The Balaban J connectivity index is 1.63. The van der Waals surface area contributed by atoms with Crippen molar-refractivity contribution in [1.29, 1.82) is 0 Å². The van der Waals surface area contributed by atoms with Crippen LogP contribution in [0.4, 0.5) is 10.6 Å². The number of carbonyl (C=O) groups excluding carboxylic acids is 2. The molecule has 2 N–H and O–H groups in total. The Morgan fingerprint density at radius 3 is 2.71 bits per heavy atom. The molecule has 0 aromatic carbocycles. The molecule has 0 unspecified atom stereocenters. The van der Waals surface area contributed by atoms with Crippen molar-refractivity contribution in [1.82, 2.24) is 15.2 Å². The maximum absolute atomic E-state index is 12.1. The van der Waals surface area contributed by atoms with Crippen LogP contribution in [0, 0.1) is 6.92 Å². The summed E-state index contributed by atoms with van der Waals surface area (Å²) in [5, 5.41) is 5.50. The lowest BCUT2D eigenvalue weighted by Crippen LogP contribution is -2.46. The van der Waals surface area contributed by atoms with Gasteiger partial charge < -0.3 is 20.3 Å². The van der Waals surface area contributed by atoms with Gasteiger partial charge in [-0.2, -0.15) is 0 Å². The molecule has 1 aliphatic rings. The maximum atomic E-state index is 12.1. The number of nitrogens with zero attached hydrogens (tertiary/aromatic N) is 2. The maximum Gasteiger partial charge on any atom is 0.317 e. The smallest absolute Gasteiger partial charge is 0.317 e. The molecule has 1 aromatic heterocycles. The predicted octanol–water partition coefficient (Wildman–Crippen LogP) is 1.93. The van der Waals surface area contributed by atoms with Crippen LogP contribution in [-0.4, -0.2) is 54.2 Å². The second kappa shape index (κ2) is 9.22. The summed E-state index contributed by atoms with van der Waals surface area (Å²) in [6.07, 6.45) is 3.90. The fourth-order valence-corrected chi connectivity index (χ4v) is 2.60. The molecule has 0 radical (unpaired) electrons. The molecule has 7 nitrogen and oxygen atoms in total. The van der Waals surface area contributed by atoms with Crippen LogP contribution in [0.5, 0.6) is 0 Å². The van der Waals surface area contributed by atoms with Gasteiger partial charge in [0.25, 0.3) is 0 Å². The lowest BCUT2D eigenvalue weighted by atomic mass is 10.1. The molecule has 24 heavy (non-hydrogen) atoms. The lowest BCUT2D eigenvalue weighted by Gasteiger charge is -2.31. The molecular formula is C17H26N4O3. The minimum atomic E-state index is -0.165. The number of hydrogen-bond acceptors (Lipinski definition) is 4. The van der Waals surface area contributed by atoms with E-state index in [-0.39, 0.29) is 24.5 Å². The van der Waals surface area contributed by atoms with Crippen molar-refractivity contribution in [3.05, 3.63) is 23.9 Å². The topological polar surface area (TPSA) is 83.6 Å². The van der Waals surface area contributed by atoms with Crippen LogP contribution in [0.2, 0.25) is 0 Å². The number of amides is 3. The zero-order chi connectivity index (χ0) is 17.4. The third kappa shape index (κ3) is 5.81. The minimum absolute atomic E-state index is 0.119. The Morgan fingerprint density at radius 2 is 2.08 bits per heavy atom. The summed E-state index contributed by atoms with van der Waals surface area (Å²) in [4.78, 5) is 29.8. The predicted molar refractivity (Wildman–Crippen MR) is 91.8 cm³/mol. The first-order valence-electron chi connectivity index (χ1n) is 8.45. The number of pyridine rings is 1. The normalized spacial score (nSPS) is 15.2. The quantitative estimate of drug-likeness (QED) is 0.832. The first-order chi connectivity index (χ1) is 11.6. The highest BCUT2D eigenvalue weighted by atomic mass is 16.5. The summed E-state index contributed by atoms with van der Waals surface area (Å²) in [5.74, 6) is 0.358. The van der Waals surface area contributed by atoms with E-state index >= 15 is 0 Å². The number of carbonyl (C=O) groups is 2. The molecular weight excluding hydrogens is 308 g/mol. The SMILES string of the molecule is CCOC1CCN(C(=O)NCCC(=O)Nc2ccc(C)cn2)CC1. The van der Waals surface area contributed by atoms with E-state index < -0.39 is 0 Å². The number of rotatable bonds is 6. The number of likely N-dealkylation sites (tertiary alicyclic amines) is 1. The van der Waals surface area contributed by atoms with Crippen molar-refractivity contribution in [3.8, 4) is 0 Å². The second-order valence-corrected chi connectivity index (χ2v) is 5.89. The molecule has 7 heteroatoms. The van der Waals surface area contributed by atoms with E-state index in [9.17, 15) is 9.59 Å². The molecule has 1 fully saturated rings. The van der Waals surface area contributed by atoms with Crippen molar-refractivity contribution in [3.63, 3.8) is 0 Å². The van der Waals surface area contributed by atoms with Crippen molar-refractivity contribution in [2.75, 3.05) is 31.6 Å². The fourth-order valence-electron chi connectivity index (χ4n) is 2.60. The molecule has 0 spiro atoms. The molecule has 132 valence electrons. The third-order valence-corrected chi connectivity index (χ3v) is 3.94. The van der Waals surface area contributed by atoms with Crippen LogP contribution < -0.4 is 10.6 Å². The summed E-state index contributed by atoms with van der Waals surface area (Å²) >= 11 is 0. The minimum Gasteiger partial charge on any atom is -0.378 e. The zero-order valence-electron chi connectivity index (χ0n) is 14.4. The van der Waals surface area contributed by atoms with Gasteiger partial charge in [-0.1, -0.05) is 6.07 Å². The van der Waals surface area contributed by atoms with E-state index in [2.05, 4.69) is 15.6 Å². The summed E-state index contributed by atoms with van der Waals surface area (Å²) in [6.45, 7) is 6.32. The van der Waals surface area contributed by atoms with E-state index in [0.717, 1.165) is 18.4 Å². The Hall–Kier alpha value is -2.15. The van der Waals surface area contributed by atoms with Gasteiger partial charge in [0, 0.05) is 38.9 Å². The van der Waals surface area contributed by atoms with Gasteiger partial charge in [-0.3, -0.25) is 4.79 Å². The lowest BCUT2D eigenvalue weighted by molar-refractivity contribution is -0.116. The van der Waals surface area contributed by atoms with Crippen LogP contribution in [0.1, 0.15) is 31.7 Å². The molecule has 1 aliphatic heterocycles. The van der Waals surface area contributed by atoms with Crippen molar-refractivity contribution >= 4 is 17.8 Å². The number of aryl methyl sites for hydroxylation is 1. The van der Waals surface area contributed by atoms with Crippen molar-refractivity contribution in [2.24, 2.45) is 0 Å². The highest BCUT2D eigenvalue weighted by molar-refractivity contribution is 5.90. The van der Waals surface area contributed by atoms with Crippen LogP contribution in [0.15, 0.2) is 18.3 Å². The number of hydrogen-bond donors (Lipinski definition) is 2. The third-order valence-electron chi connectivity index (χ3n) is 3.94. The molecule has 0 atom stereocenters. The van der Waals surface area contributed by atoms with E-state index in [1.807, 2.05) is 19.9 Å². The molecule has 1 saturated heterocycles. The van der Waals surface area contributed by atoms with Crippen LogP contribution in [0.25, 0.3) is 0 Å². The molecule has 2 rings (SSSR count). The van der Waals surface area contributed by atoms with E-state index in [0.29, 0.717) is 32.1 Å². The summed E-state index contributed by atoms with van der Waals surface area (Å²) in [7, 11) is 0. The largest absolute Gasteiger partial charge is 0.378 e. The number of urea groups is 1. The molecule has 1 aromatic rings. The average Bonchev–Trinajstić information content (AvgIpc) is 2.58. The number of nitrogens with one attached hydrogen (secondary N) is 2. The molecule has 3 amide bonds. The second-order valence-electron chi connectivity index (χ2n) is 5.89.